The molecule has 1 N–H and O–H groups in total. The molecule has 1 unspecified atom stereocenters. The van der Waals surface area contributed by atoms with Gasteiger partial charge in [0.15, 0.2) is 0 Å². The quantitative estimate of drug-likeness (QED) is 0.454. The molecule has 0 saturated carbocycles. The Morgan fingerprint density at radius 2 is 1.83 bits per heavy atom. The number of carbonyl (C=O) groups is 1. The highest BCUT2D eigenvalue weighted by Gasteiger charge is 2.31. The lowest BCUT2D eigenvalue weighted by molar-refractivity contribution is -0.121. The average molecular weight is 439 g/mol. The second-order valence-electron chi connectivity index (χ2n) is 6.23. The summed E-state index contributed by atoms with van der Waals surface area (Å²) in [6.07, 6.45) is 1.06. The van der Waals surface area contributed by atoms with Gasteiger partial charge in [-0.2, -0.15) is 0 Å². The molecule has 0 spiro atoms. The molecule has 158 valence electrons. The number of nitrogens with zero attached hydrogens (tertiary/aromatic N) is 1. The standard InChI is InChI=1S/C20H26N2O5S2/c1-15(20(23)21-12-13-28-17-8-6-5-7-9-17)22(29(4,24)25)18-14-16(26-2)10-11-19(18)27-3/h5-11,14-15H,12-13H2,1-4H3,(H,21,23). The van der Waals surface area contributed by atoms with E-state index in [-0.39, 0.29) is 5.69 Å². The SMILES string of the molecule is COc1ccc(OC)c(N(C(C)C(=O)NCCSc2ccccc2)S(C)(=O)=O)c1. The van der Waals surface area contributed by atoms with Crippen LogP contribution in [-0.2, 0) is 14.8 Å². The summed E-state index contributed by atoms with van der Waals surface area (Å²) in [5.41, 5.74) is 0.246. The Labute approximate surface area is 176 Å². The highest BCUT2D eigenvalue weighted by molar-refractivity contribution is 7.99. The van der Waals surface area contributed by atoms with Gasteiger partial charge in [-0.1, -0.05) is 18.2 Å². The van der Waals surface area contributed by atoms with Crippen LogP contribution in [-0.4, -0.2) is 53.1 Å². The molecular formula is C20H26N2O5S2. The summed E-state index contributed by atoms with van der Waals surface area (Å²) in [7, 11) is -0.837. The monoisotopic (exact) mass is 438 g/mol. The number of anilines is 1. The molecule has 0 aliphatic heterocycles. The lowest BCUT2D eigenvalue weighted by Crippen LogP contribution is -2.48. The number of rotatable bonds is 10. The van der Waals surface area contributed by atoms with Crippen LogP contribution in [0.25, 0.3) is 0 Å². The van der Waals surface area contributed by atoms with Crippen LogP contribution < -0.4 is 19.1 Å². The van der Waals surface area contributed by atoms with Crippen molar-refractivity contribution in [3.05, 3.63) is 48.5 Å². The summed E-state index contributed by atoms with van der Waals surface area (Å²) in [4.78, 5) is 13.8. The van der Waals surface area contributed by atoms with E-state index in [0.717, 1.165) is 15.5 Å². The van der Waals surface area contributed by atoms with E-state index < -0.39 is 22.0 Å². The van der Waals surface area contributed by atoms with E-state index in [1.807, 2.05) is 30.3 Å². The van der Waals surface area contributed by atoms with Crippen molar-refractivity contribution in [1.82, 2.24) is 5.32 Å². The predicted octanol–water partition coefficient (Wildman–Crippen LogP) is 2.77. The van der Waals surface area contributed by atoms with E-state index in [2.05, 4.69) is 5.32 Å². The van der Waals surface area contributed by atoms with Gasteiger partial charge >= 0.3 is 0 Å². The molecule has 2 aromatic rings. The number of hydrogen-bond acceptors (Lipinski definition) is 6. The molecule has 0 bridgehead atoms. The first kappa shape index (κ1) is 22.9. The normalized spacial score (nSPS) is 12.1. The summed E-state index contributed by atoms with van der Waals surface area (Å²) < 4.78 is 36.6. The van der Waals surface area contributed by atoms with Crippen LogP contribution >= 0.6 is 11.8 Å². The van der Waals surface area contributed by atoms with Crippen molar-refractivity contribution < 1.29 is 22.7 Å². The van der Waals surface area contributed by atoms with Crippen molar-refractivity contribution >= 4 is 33.4 Å². The molecule has 9 heteroatoms. The largest absolute Gasteiger partial charge is 0.497 e. The minimum atomic E-state index is -3.76. The van der Waals surface area contributed by atoms with E-state index in [4.69, 9.17) is 9.47 Å². The van der Waals surface area contributed by atoms with Crippen molar-refractivity contribution in [2.75, 3.05) is 37.1 Å². The van der Waals surface area contributed by atoms with Gasteiger partial charge in [0.25, 0.3) is 0 Å². The fraction of sp³-hybridized carbons (Fsp3) is 0.350. The predicted molar refractivity (Wildman–Crippen MR) is 117 cm³/mol. The van der Waals surface area contributed by atoms with Gasteiger partial charge in [-0.25, -0.2) is 8.42 Å². The smallest absolute Gasteiger partial charge is 0.243 e. The summed E-state index contributed by atoms with van der Waals surface area (Å²) >= 11 is 1.61. The Balaban J connectivity index is 2.13. The number of nitrogens with one attached hydrogen (secondary N) is 1. The van der Waals surface area contributed by atoms with Gasteiger partial charge in [0.2, 0.25) is 15.9 Å². The van der Waals surface area contributed by atoms with Gasteiger partial charge in [0.05, 0.1) is 26.2 Å². The number of sulfonamides is 1. The first-order valence-corrected chi connectivity index (χ1v) is 11.8. The molecule has 0 fully saturated rings. The van der Waals surface area contributed by atoms with Crippen molar-refractivity contribution in [3.8, 4) is 11.5 Å². The maximum atomic E-state index is 12.7. The van der Waals surface area contributed by atoms with E-state index in [1.165, 1.54) is 20.3 Å². The number of benzene rings is 2. The van der Waals surface area contributed by atoms with Crippen LogP contribution in [0.1, 0.15) is 6.92 Å². The molecule has 0 aliphatic carbocycles. The van der Waals surface area contributed by atoms with Crippen LogP contribution in [0.3, 0.4) is 0 Å². The van der Waals surface area contributed by atoms with Crippen molar-refractivity contribution in [2.24, 2.45) is 0 Å². The lowest BCUT2D eigenvalue weighted by atomic mass is 10.2. The molecular weight excluding hydrogens is 412 g/mol. The molecule has 7 nitrogen and oxygen atoms in total. The van der Waals surface area contributed by atoms with E-state index in [1.54, 1.807) is 30.8 Å². The first-order valence-electron chi connectivity index (χ1n) is 8.95. The molecule has 2 aromatic carbocycles. The second-order valence-corrected chi connectivity index (χ2v) is 9.25. The molecule has 29 heavy (non-hydrogen) atoms. The molecule has 0 saturated heterocycles. The molecule has 1 atom stereocenters. The second kappa shape index (κ2) is 10.4. The van der Waals surface area contributed by atoms with Crippen LogP contribution in [0, 0.1) is 0 Å². The van der Waals surface area contributed by atoms with E-state index in [0.29, 0.717) is 23.8 Å². The average Bonchev–Trinajstić information content (AvgIpc) is 2.70. The lowest BCUT2D eigenvalue weighted by Gasteiger charge is -2.29. The summed E-state index contributed by atoms with van der Waals surface area (Å²) in [6.45, 7) is 1.95. The summed E-state index contributed by atoms with van der Waals surface area (Å²) in [6, 6.07) is 13.7. The Morgan fingerprint density at radius 1 is 1.14 bits per heavy atom. The maximum Gasteiger partial charge on any atom is 0.243 e. The van der Waals surface area contributed by atoms with Crippen molar-refractivity contribution in [2.45, 2.75) is 17.9 Å². The molecule has 2 rings (SSSR count). The number of thioether (sulfide) groups is 1. The third kappa shape index (κ3) is 6.30. The van der Waals surface area contributed by atoms with Crippen LogP contribution in [0.4, 0.5) is 5.69 Å². The molecule has 0 aliphatic rings. The Morgan fingerprint density at radius 3 is 2.41 bits per heavy atom. The molecule has 1 amide bonds. The highest BCUT2D eigenvalue weighted by atomic mass is 32.2. The van der Waals surface area contributed by atoms with Crippen LogP contribution in [0.2, 0.25) is 0 Å². The minimum absolute atomic E-state index is 0.246. The fourth-order valence-corrected chi connectivity index (χ4v) is 4.72. The Kier molecular flexibility index (Phi) is 8.21. The van der Waals surface area contributed by atoms with Gasteiger partial charge in [0, 0.05) is 23.3 Å². The molecule has 0 radical (unpaired) electrons. The number of hydrogen-bond donors (Lipinski definition) is 1. The third-order valence-corrected chi connectivity index (χ3v) is 6.37. The highest BCUT2D eigenvalue weighted by Crippen LogP contribution is 2.35. The van der Waals surface area contributed by atoms with Gasteiger partial charge in [0.1, 0.15) is 17.5 Å². The van der Waals surface area contributed by atoms with E-state index >= 15 is 0 Å². The van der Waals surface area contributed by atoms with Crippen molar-refractivity contribution in [1.29, 1.82) is 0 Å². The maximum absolute atomic E-state index is 12.7. The first-order chi connectivity index (χ1) is 13.8. The zero-order valence-electron chi connectivity index (χ0n) is 16.9. The van der Waals surface area contributed by atoms with Crippen LogP contribution in [0.5, 0.6) is 11.5 Å². The summed E-state index contributed by atoms with van der Waals surface area (Å²) in [5.74, 6) is 1.06. The van der Waals surface area contributed by atoms with Crippen molar-refractivity contribution in [3.63, 3.8) is 0 Å². The number of carbonyl (C=O) groups excluding carboxylic acids is 1. The van der Waals surface area contributed by atoms with Gasteiger partial charge in [-0.15, -0.1) is 11.8 Å². The summed E-state index contributed by atoms with van der Waals surface area (Å²) in [5, 5.41) is 2.80. The molecule has 0 heterocycles. The zero-order chi connectivity index (χ0) is 21.4. The van der Waals surface area contributed by atoms with Gasteiger partial charge in [-0.05, 0) is 31.2 Å². The topological polar surface area (TPSA) is 84.9 Å². The fourth-order valence-electron chi connectivity index (χ4n) is 2.76. The van der Waals surface area contributed by atoms with Gasteiger partial charge in [-0.3, -0.25) is 9.10 Å². The zero-order valence-corrected chi connectivity index (χ0v) is 18.5. The van der Waals surface area contributed by atoms with Gasteiger partial charge < -0.3 is 14.8 Å². The van der Waals surface area contributed by atoms with E-state index in [9.17, 15) is 13.2 Å². The third-order valence-electron chi connectivity index (χ3n) is 4.13. The number of ether oxygens (including phenoxy) is 2. The Bertz CT molecular complexity index is 920. The number of methoxy groups -OCH3 is 2. The Hall–Kier alpha value is -2.39. The van der Waals surface area contributed by atoms with Crippen LogP contribution in [0.15, 0.2) is 53.4 Å². The molecule has 0 aromatic heterocycles. The number of amides is 1. The minimum Gasteiger partial charge on any atom is -0.497 e.